The van der Waals surface area contributed by atoms with Gasteiger partial charge in [0, 0.05) is 31.1 Å². The molecule has 0 aromatic carbocycles. The van der Waals surface area contributed by atoms with Crippen LogP contribution in [0.15, 0.2) is 34.0 Å². The molecule has 0 N–H and O–H groups in total. The van der Waals surface area contributed by atoms with Gasteiger partial charge in [0.25, 0.3) is 0 Å². The van der Waals surface area contributed by atoms with Crippen LogP contribution in [0.25, 0.3) is 6.08 Å². The number of hydrogen-bond donors (Lipinski definition) is 0. The Morgan fingerprint density at radius 1 is 1.31 bits per heavy atom. The third-order valence-corrected chi connectivity index (χ3v) is 2.14. The van der Waals surface area contributed by atoms with E-state index < -0.39 is 0 Å². The molecule has 0 radical (unpaired) electrons. The van der Waals surface area contributed by atoms with Crippen molar-refractivity contribution in [2.24, 2.45) is 5.10 Å². The van der Waals surface area contributed by atoms with E-state index >= 15 is 0 Å². The molecule has 1 rings (SSSR count). The van der Waals surface area contributed by atoms with Crippen LogP contribution in [0, 0.1) is 0 Å². The van der Waals surface area contributed by atoms with Crippen LogP contribution in [0.5, 0.6) is 0 Å². The molecular formula is C11H14Cl2N2O. The van der Waals surface area contributed by atoms with Gasteiger partial charge < -0.3 is 4.42 Å². The fraction of sp³-hybridized carbons (Fsp3) is 0.364. The summed E-state index contributed by atoms with van der Waals surface area (Å²) in [7, 11) is 0. The lowest BCUT2D eigenvalue weighted by molar-refractivity contribution is 0.327. The largest absolute Gasteiger partial charge is 0.465 e. The molecule has 0 fully saturated rings. The lowest BCUT2D eigenvalue weighted by Gasteiger charge is -2.14. The highest BCUT2D eigenvalue weighted by atomic mass is 35.5. The number of furan rings is 1. The monoisotopic (exact) mass is 260 g/mol. The Hall–Kier alpha value is -0.930. The number of allylic oxidation sites excluding steroid dienone is 1. The molecule has 1 aromatic rings. The van der Waals surface area contributed by atoms with Crippen LogP contribution in [-0.4, -0.2) is 36.1 Å². The first-order valence-corrected chi connectivity index (χ1v) is 6.04. The molecule has 0 unspecified atom stereocenters. The van der Waals surface area contributed by atoms with Crippen molar-refractivity contribution in [1.29, 1.82) is 0 Å². The van der Waals surface area contributed by atoms with Crippen LogP contribution < -0.4 is 0 Å². The van der Waals surface area contributed by atoms with E-state index in [0.29, 0.717) is 24.8 Å². The zero-order valence-corrected chi connectivity index (χ0v) is 10.4. The summed E-state index contributed by atoms with van der Waals surface area (Å²) in [4.78, 5) is 0. The first-order chi connectivity index (χ1) is 7.86. The maximum absolute atomic E-state index is 5.63. The summed E-state index contributed by atoms with van der Waals surface area (Å²) in [5.41, 5.74) is 0. The molecule has 5 heteroatoms. The van der Waals surface area contributed by atoms with Gasteiger partial charge in [-0.2, -0.15) is 5.10 Å². The Morgan fingerprint density at radius 3 is 2.62 bits per heavy atom. The quantitative estimate of drug-likeness (QED) is 0.429. The van der Waals surface area contributed by atoms with Gasteiger partial charge in [-0.05, 0) is 24.3 Å². The van der Waals surface area contributed by atoms with Crippen LogP contribution in [0.4, 0.5) is 0 Å². The van der Waals surface area contributed by atoms with Crippen LogP contribution in [0.1, 0.15) is 5.76 Å². The lowest BCUT2D eigenvalue weighted by atomic mass is 10.4. The highest BCUT2D eigenvalue weighted by Crippen LogP contribution is 2.01. The molecular weight excluding hydrogens is 247 g/mol. The van der Waals surface area contributed by atoms with Gasteiger partial charge in [0.1, 0.15) is 5.76 Å². The van der Waals surface area contributed by atoms with Gasteiger partial charge in [-0.15, -0.1) is 23.2 Å². The van der Waals surface area contributed by atoms with E-state index in [4.69, 9.17) is 27.6 Å². The smallest absolute Gasteiger partial charge is 0.126 e. The van der Waals surface area contributed by atoms with Crippen LogP contribution in [0.3, 0.4) is 0 Å². The van der Waals surface area contributed by atoms with E-state index in [2.05, 4.69) is 5.10 Å². The van der Waals surface area contributed by atoms with Gasteiger partial charge in [-0.1, -0.05) is 0 Å². The summed E-state index contributed by atoms with van der Waals surface area (Å²) < 4.78 is 5.13. The van der Waals surface area contributed by atoms with Gasteiger partial charge in [-0.3, -0.25) is 5.01 Å². The number of rotatable bonds is 7. The number of halogens is 2. The zero-order valence-electron chi connectivity index (χ0n) is 8.85. The minimum absolute atomic E-state index is 0.538. The maximum atomic E-state index is 5.63. The van der Waals surface area contributed by atoms with Gasteiger partial charge >= 0.3 is 0 Å². The van der Waals surface area contributed by atoms with Crippen molar-refractivity contribution in [3.8, 4) is 0 Å². The van der Waals surface area contributed by atoms with Crippen LogP contribution in [-0.2, 0) is 0 Å². The second kappa shape index (κ2) is 8.25. The van der Waals surface area contributed by atoms with Gasteiger partial charge in [0.2, 0.25) is 0 Å². The summed E-state index contributed by atoms with van der Waals surface area (Å²) >= 11 is 11.3. The molecule has 88 valence electrons. The van der Waals surface area contributed by atoms with Crippen molar-refractivity contribution in [2.75, 3.05) is 24.8 Å². The van der Waals surface area contributed by atoms with Crippen molar-refractivity contribution in [1.82, 2.24) is 5.01 Å². The molecule has 0 saturated carbocycles. The van der Waals surface area contributed by atoms with Gasteiger partial charge in [-0.25, -0.2) is 0 Å². The molecule has 1 aromatic heterocycles. The first kappa shape index (κ1) is 13.1. The average Bonchev–Trinajstić information content (AvgIpc) is 2.78. The van der Waals surface area contributed by atoms with Crippen molar-refractivity contribution in [3.63, 3.8) is 0 Å². The molecule has 0 aliphatic heterocycles. The van der Waals surface area contributed by atoms with E-state index in [9.17, 15) is 0 Å². The highest BCUT2D eigenvalue weighted by molar-refractivity contribution is 6.18. The molecule has 1 heterocycles. The summed E-state index contributed by atoms with van der Waals surface area (Å²) in [6.07, 6.45) is 6.98. The fourth-order valence-electron chi connectivity index (χ4n) is 1.08. The molecule has 0 amide bonds. The Kier molecular flexibility index (Phi) is 6.77. The molecule has 0 saturated heterocycles. The number of nitrogens with zero attached hydrogens (tertiary/aromatic N) is 2. The molecule has 0 bridgehead atoms. The zero-order chi connectivity index (χ0) is 11.6. The van der Waals surface area contributed by atoms with E-state index in [-0.39, 0.29) is 0 Å². The third-order valence-electron chi connectivity index (χ3n) is 1.80. The predicted octanol–water partition coefficient (Wildman–Crippen LogP) is 3.06. The summed E-state index contributed by atoms with van der Waals surface area (Å²) in [5.74, 6) is 1.87. The van der Waals surface area contributed by atoms with Crippen LogP contribution >= 0.6 is 23.2 Å². The molecule has 0 atom stereocenters. The molecule has 0 spiro atoms. The highest BCUT2D eigenvalue weighted by Gasteiger charge is 1.96. The van der Waals surface area contributed by atoms with Crippen molar-refractivity contribution in [3.05, 3.63) is 30.2 Å². The van der Waals surface area contributed by atoms with E-state index in [1.54, 1.807) is 12.5 Å². The first-order valence-electron chi connectivity index (χ1n) is 4.98. The topological polar surface area (TPSA) is 28.7 Å². The second-order valence-electron chi connectivity index (χ2n) is 2.97. The molecule has 0 aliphatic carbocycles. The van der Waals surface area contributed by atoms with Crippen LogP contribution in [0.2, 0.25) is 0 Å². The number of alkyl halides is 2. The Labute approximate surface area is 105 Å². The standard InChI is InChI=1S/C11H14Cl2N2O/c12-5-8-15(9-6-13)14-7-1-3-11-4-2-10-16-11/h1-4,7,10H,5-6,8-9H2/b3-1+,14-7+. The fourth-order valence-corrected chi connectivity index (χ4v) is 1.47. The van der Waals surface area contributed by atoms with Gasteiger partial charge in [0.15, 0.2) is 0 Å². The summed E-state index contributed by atoms with van der Waals surface area (Å²) in [5, 5.41) is 6.04. The van der Waals surface area contributed by atoms with Crippen molar-refractivity contribution >= 4 is 35.5 Å². The third kappa shape index (κ3) is 5.24. The maximum Gasteiger partial charge on any atom is 0.126 e. The Balaban J connectivity index is 2.38. The number of hydrogen-bond acceptors (Lipinski definition) is 3. The molecule has 3 nitrogen and oxygen atoms in total. The van der Waals surface area contributed by atoms with Crippen molar-refractivity contribution in [2.45, 2.75) is 0 Å². The minimum Gasteiger partial charge on any atom is -0.465 e. The average molecular weight is 261 g/mol. The van der Waals surface area contributed by atoms with E-state index in [0.717, 1.165) is 5.76 Å². The number of hydrazone groups is 1. The van der Waals surface area contributed by atoms with Gasteiger partial charge in [0.05, 0.1) is 6.26 Å². The van der Waals surface area contributed by atoms with E-state index in [1.807, 2.05) is 29.3 Å². The van der Waals surface area contributed by atoms with Crippen molar-refractivity contribution < 1.29 is 4.42 Å². The Bertz CT molecular complexity index is 317. The Morgan fingerprint density at radius 2 is 2.06 bits per heavy atom. The minimum atomic E-state index is 0.538. The SMILES string of the molecule is ClCCN(CCCl)/N=C/C=C/c1ccco1. The summed E-state index contributed by atoms with van der Waals surface area (Å²) in [6, 6.07) is 3.71. The summed E-state index contributed by atoms with van der Waals surface area (Å²) in [6.45, 7) is 1.39. The van der Waals surface area contributed by atoms with E-state index in [1.165, 1.54) is 0 Å². The normalized spacial score (nSPS) is 11.6. The molecule has 0 aliphatic rings. The second-order valence-corrected chi connectivity index (χ2v) is 3.73. The lowest BCUT2D eigenvalue weighted by Crippen LogP contribution is -2.22. The predicted molar refractivity (Wildman–Crippen MR) is 69.2 cm³/mol. The molecule has 16 heavy (non-hydrogen) atoms.